The summed E-state index contributed by atoms with van der Waals surface area (Å²) in [6.45, 7) is 1.64. The average Bonchev–Trinajstić information content (AvgIpc) is 3.34. The van der Waals surface area contributed by atoms with E-state index in [4.69, 9.17) is 0 Å². The molecule has 1 aromatic carbocycles. The second kappa shape index (κ2) is 11.8. The largest absolute Gasteiger partial charge is 0.358 e. The van der Waals surface area contributed by atoms with E-state index in [1.165, 1.54) is 16.0 Å². The average molecular weight is 525 g/mol. The number of thiophene rings is 1. The fourth-order valence-corrected chi connectivity index (χ4v) is 3.51. The van der Waals surface area contributed by atoms with E-state index in [1.54, 1.807) is 30.3 Å². The molecule has 3 N–H and O–H groups in total. The smallest absolute Gasteiger partial charge is 0.243 e. The van der Waals surface area contributed by atoms with Crippen LogP contribution in [0.25, 0.3) is 10.9 Å². The molecule has 0 aliphatic rings. The summed E-state index contributed by atoms with van der Waals surface area (Å²) in [7, 11) is 3.48. The van der Waals surface area contributed by atoms with Crippen LogP contribution in [-0.4, -0.2) is 55.5 Å². The van der Waals surface area contributed by atoms with Crippen molar-refractivity contribution in [3.05, 3.63) is 58.4 Å². The first-order valence-electron chi connectivity index (χ1n) is 9.43. The van der Waals surface area contributed by atoms with Crippen LogP contribution in [0.15, 0.2) is 52.8 Å². The van der Waals surface area contributed by atoms with Gasteiger partial charge in [-0.25, -0.2) is 4.99 Å². The van der Waals surface area contributed by atoms with Gasteiger partial charge in [-0.2, -0.15) is 0 Å². The van der Waals surface area contributed by atoms with Gasteiger partial charge in [0.15, 0.2) is 5.96 Å². The third-order valence-corrected chi connectivity index (χ3v) is 5.32. The van der Waals surface area contributed by atoms with Crippen LogP contribution in [0.3, 0.4) is 0 Å². The first-order valence-corrected chi connectivity index (χ1v) is 10.3. The molecule has 0 bridgehead atoms. The van der Waals surface area contributed by atoms with E-state index in [0.29, 0.717) is 5.96 Å². The number of aromatic amines is 1. The first-order chi connectivity index (χ1) is 13.6. The molecule has 2 heterocycles. The van der Waals surface area contributed by atoms with Crippen molar-refractivity contribution in [1.82, 2.24) is 20.5 Å². The Kier molecular flexibility index (Phi) is 9.46. The number of aliphatic imine (C=N–C) groups is 1. The summed E-state index contributed by atoms with van der Waals surface area (Å²) in [5.41, 5.74) is 2.33. The van der Waals surface area contributed by atoms with Crippen LogP contribution in [0.4, 0.5) is 0 Å². The molecule has 6 nitrogen and oxygen atoms in total. The first kappa shape index (κ1) is 23.2. The van der Waals surface area contributed by atoms with Crippen LogP contribution >= 0.6 is 35.3 Å². The lowest BCUT2D eigenvalue weighted by Gasteiger charge is -2.13. The molecule has 0 atom stereocenters. The Hall–Kier alpha value is -2.07. The van der Waals surface area contributed by atoms with E-state index < -0.39 is 0 Å². The van der Waals surface area contributed by atoms with Gasteiger partial charge in [0.2, 0.25) is 5.91 Å². The van der Waals surface area contributed by atoms with E-state index in [1.807, 2.05) is 12.1 Å². The maximum Gasteiger partial charge on any atom is 0.243 e. The topological polar surface area (TPSA) is 72.5 Å². The van der Waals surface area contributed by atoms with Gasteiger partial charge in [0.25, 0.3) is 0 Å². The van der Waals surface area contributed by atoms with Gasteiger partial charge >= 0.3 is 0 Å². The minimum absolute atomic E-state index is 0. The fourth-order valence-electron chi connectivity index (χ4n) is 2.81. The predicted molar refractivity (Wildman–Crippen MR) is 132 cm³/mol. The second-order valence-electron chi connectivity index (χ2n) is 6.77. The number of hydrogen-bond donors (Lipinski definition) is 3. The van der Waals surface area contributed by atoms with Crippen LogP contribution in [0.2, 0.25) is 0 Å². The van der Waals surface area contributed by atoms with Gasteiger partial charge < -0.3 is 20.5 Å². The minimum Gasteiger partial charge on any atom is -0.358 e. The second-order valence-corrected chi connectivity index (χ2v) is 7.80. The zero-order chi connectivity index (χ0) is 19.8. The van der Waals surface area contributed by atoms with Gasteiger partial charge in [0, 0.05) is 49.7 Å². The molecule has 1 amide bonds. The Balaban J connectivity index is 0.00000300. The number of guanidine groups is 1. The molecule has 0 unspecified atom stereocenters. The summed E-state index contributed by atoms with van der Waals surface area (Å²) in [5.74, 6) is 0.651. The van der Waals surface area contributed by atoms with Gasteiger partial charge in [0.1, 0.15) is 6.54 Å². The molecule has 0 spiro atoms. The number of halogens is 1. The molecule has 3 aromatic rings. The normalized spacial score (nSPS) is 11.2. The molecule has 29 heavy (non-hydrogen) atoms. The molecule has 0 aliphatic carbocycles. The molecule has 0 aliphatic heterocycles. The molecule has 0 saturated carbocycles. The number of rotatable bonds is 8. The number of hydrogen-bond acceptors (Lipinski definition) is 3. The maximum atomic E-state index is 11.9. The van der Waals surface area contributed by atoms with E-state index in [9.17, 15) is 4.79 Å². The summed E-state index contributed by atoms with van der Waals surface area (Å²) in [6, 6.07) is 14.6. The van der Waals surface area contributed by atoms with Crippen LogP contribution < -0.4 is 10.6 Å². The van der Waals surface area contributed by atoms with Crippen molar-refractivity contribution in [3.63, 3.8) is 0 Å². The van der Waals surface area contributed by atoms with Crippen molar-refractivity contribution >= 4 is 58.1 Å². The molecule has 2 aromatic heterocycles. The van der Waals surface area contributed by atoms with Gasteiger partial charge in [-0.3, -0.25) is 4.79 Å². The monoisotopic (exact) mass is 525 g/mol. The number of nitrogens with one attached hydrogen (secondary N) is 3. The highest BCUT2D eigenvalue weighted by molar-refractivity contribution is 14.0. The van der Waals surface area contributed by atoms with Gasteiger partial charge in [-0.1, -0.05) is 24.3 Å². The Morgan fingerprint density at radius 3 is 2.55 bits per heavy atom. The van der Waals surface area contributed by atoms with Gasteiger partial charge in [-0.15, -0.1) is 35.3 Å². The maximum absolute atomic E-state index is 11.9. The number of nitrogens with zero attached hydrogens (tertiary/aromatic N) is 2. The Morgan fingerprint density at radius 2 is 1.86 bits per heavy atom. The molecule has 0 fully saturated rings. The zero-order valence-corrected chi connectivity index (χ0v) is 19.9. The predicted octanol–water partition coefficient (Wildman–Crippen LogP) is 3.26. The van der Waals surface area contributed by atoms with Crippen molar-refractivity contribution < 1.29 is 4.79 Å². The minimum atomic E-state index is -0.0185. The van der Waals surface area contributed by atoms with E-state index in [2.05, 4.69) is 56.3 Å². The Bertz CT molecular complexity index is 887. The lowest BCUT2D eigenvalue weighted by atomic mass is 10.2. The van der Waals surface area contributed by atoms with Crippen LogP contribution in [0.5, 0.6) is 0 Å². The van der Waals surface area contributed by atoms with Gasteiger partial charge in [0.05, 0.1) is 0 Å². The quantitative estimate of drug-likeness (QED) is 0.240. The van der Waals surface area contributed by atoms with E-state index in [0.717, 1.165) is 31.4 Å². The lowest BCUT2D eigenvalue weighted by Crippen LogP contribution is -2.40. The zero-order valence-electron chi connectivity index (χ0n) is 16.8. The molecule has 3 rings (SSSR count). The van der Waals surface area contributed by atoms with E-state index in [-0.39, 0.29) is 36.4 Å². The number of likely N-dealkylation sites (N-methyl/N-ethyl adjacent to an activating group) is 1. The summed E-state index contributed by atoms with van der Waals surface area (Å²) in [5, 5.41) is 9.97. The number of amides is 1. The highest BCUT2D eigenvalue weighted by Gasteiger charge is 2.06. The SMILES string of the molecule is CN(C)C(=O)CN=C(NCCc1cc2ccccc2[nH]1)NCCc1cccs1.I. The van der Waals surface area contributed by atoms with Crippen LogP contribution in [0.1, 0.15) is 10.6 Å². The highest BCUT2D eigenvalue weighted by atomic mass is 127. The number of H-pyrrole nitrogens is 1. The van der Waals surface area contributed by atoms with Crippen molar-refractivity contribution in [2.75, 3.05) is 33.7 Å². The van der Waals surface area contributed by atoms with E-state index >= 15 is 0 Å². The van der Waals surface area contributed by atoms with Crippen LogP contribution in [-0.2, 0) is 17.6 Å². The van der Waals surface area contributed by atoms with Crippen molar-refractivity contribution in [3.8, 4) is 0 Å². The number of carbonyl (C=O) groups excluding carboxylic acids is 1. The summed E-state index contributed by atoms with van der Waals surface area (Å²) < 4.78 is 0. The summed E-state index contributed by atoms with van der Waals surface area (Å²) in [6.07, 6.45) is 1.78. The highest BCUT2D eigenvalue weighted by Crippen LogP contribution is 2.14. The fraction of sp³-hybridized carbons (Fsp3) is 0.333. The summed E-state index contributed by atoms with van der Waals surface area (Å²) >= 11 is 1.75. The Labute approximate surface area is 192 Å². The lowest BCUT2D eigenvalue weighted by molar-refractivity contribution is -0.127. The molecule has 0 saturated heterocycles. The standard InChI is InChI=1S/C21H27N5OS.HI/c1-26(2)20(27)15-24-21(23-12-10-18-7-5-13-28-18)22-11-9-17-14-16-6-3-4-8-19(16)25-17;/h3-8,13-14,25H,9-12,15H2,1-2H3,(H2,22,23,24);1H. The molecular weight excluding hydrogens is 497 g/mol. The van der Waals surface area contributed by atoms with Crippen molar-refractivity contribution in [2.45, 2.75) is 12.8 Å². The number of fused-ring (bicyclic) bond motifs is 1. The molecular formula is C21H28IN5OS. The van der Waals surface area contributed by atoms with Gasteiger partial charge in [-0.05, 0) is 35.4 Å². The molecule has 0 radical (unpaired) electrons. The van der Waals surface area contributed by atoms with Crippen molar-refractivity contribution in [2.24, 2.45) is 4.99 Å². The molecule has 8 heteroatoms. The number of para-hydroxylation sites is 1. The number of benzene rings is 1. The van der Waals surface area contributed by atoms with Crippen LogP contribution in [0, 0.1) is 0 Å². The third kappa shape index (κ3) is 7.36. The third-order valence-electron chi connectivity index (χ3n) is 4.39. The number of aromatic nitrogens is 1. The van der Waals surface area contributed by atoms with Crippen molar-refractivity contribution in [1.29, 1.82) is 0 Å². The number of carbonyl (C=O) groups is 1. The molecule has 156 valence electrons. The Morgan fingerprint density at radius 1 is 1.10 bits per heavy atom. The summed E-state index contributed by atoms with van der Waals surface area (Å²) in [4.78, 5) is 22.6.